The van der Waals surface area contributed by atoms with E-state index >= 15 is 0 Å². The molecule has 9 heteroatoms. The summed E-state index contributed by atoms with van der Waals surface area (Å²) in [7, 11) is -3.57. The Kier molecular flexibility index (Phi) is 6.92. The lowest BCUT2D eigenvalue weighted by Gasteiger charge is -2.34. The normalized spacial score (nSPS) is 18.7. The molecule has 1 aliphatic rings. The van der Waals surface area contributed by atoms with Gasteiger partial charge in [-0.2, -0.15) is 0 Å². The van der Waals surface area contributed by atoms with Crippen molar-refractivity contribution >= 4 is 10.0 Å². The SMILES string of the molecule is CC1CCN([C@@H](C)CNS(=O)(=O)Cc2ccc(OC(F)(F)F)cc2)CC1. The van der Waals surface area contributed by atoms with Crippen LogP contribution in [0.2, 0.25) is 0 Å². The summed E-state index contributed by atoms with van der Waals surface area (Å²) in [5.74, 6) is 0.0438. The summed E-state index contributed by atoms with van der Waals surface area (Å²) < 4.78 is 67.2. The lowest BCUT2D eigenvalue weighted by atomic mass is 9.98. The number of piperidine rings is 1. The molecule has 0 unspecified atom stereocenters. The molecule has 1 aromatic carbocycles. The van der Waals surface area contributed by atoms with Crippen LogP contribution in [-0.4, -0.2) is 45.4 Å². The van der Waals surface area contributed by atoms with E-state index in [1.807, 2.05) is 6.92 Å². The van der Waals surface area contributed by atoms with Crippen LogP contribution in [0.5, 0.6) is 5.75 Å². The van der Waals surface area contributed by atoms with Crippen LogP contribution in [0.4, 0.5) is 13.2 Å². The average molecular weight is 394 g/mol. The van der Waals surface area contributed by atoms with Crippen LogP contribution >= 0.6 is 0 Å². The van der Waals surface area contributed by atoms with Gasteiger partial charge in [0.25, 0.3) is 0 Å². The molecule has 0 saturated carbocycles. The standard InChI is InChI=1S/C17H25F3N2O3S/c1-13-7-9-22(10-8-13)14(2)11-21-26(23,24)12-15-3-5-16(6-4-15)25-17(18,19)20/h3-6,13-14,21H,7-12H2,1-2H3/t14-/m0/s1. The van der Waals surface area contributed by atoms with E-state index in [1.165, 1.54) is 12.1 Å². The highest BCUT2D eigenvalue weighted by Gasteiger charge is 2.31. The number of hydrogen-bond donors (Lipinski definition) is 1. The first-order chi connectivity index (χ1) is 12.0. The highest BCUT2D eigenvalue weighted by atomic mass is 32.2. The van der Waals surface area contributed by atoms with Gasteiger partial charge in [0.1, 0.15) is 5.75 Å². The van der Waals surface area contributed by atoms with E-state index in [0.717, 1.165) is 38.1 Å². The largest absolute Gasteiger partial charge is 0.573 e. The van der Waals surface area contributed by atoms with Crippen LogP contribution in [0.15, 0.2) is 24.3 Å². The number of halogens is 3. The number of nitrogens with zero attached hydrogens (tertiary/aromatic N) is 1. The molecule has 0 spiro atoms. The Morgan fingerprint density at radius 2 is 1.81 bits per heavy atom. The van der Waals surface area contributed by atoms with Gasteiger partial charge in [0.05, 0.1) is 5.75 Å². The Morgan fingerprint density at radius 1 is 1.23 bits per heavy atom. The van der Waals surface area contributed by atoms with Gasteiger partial charge in [-0.05, 0) is 56.5 Å². The summed E-state index contributed by atoms with van der Waals surface area (Å²) >= 11 is 0. The Morgan fingerprint density at radius 3 is 2.35 bits per heavy atom. The minimum absolute atomic E-state index is 0.0971. The Labute approximate surface area is 152 Å². The number of rotatable bonds is 7. The number of hydrogen-bond acceptors (Lipinski definition) is 4. The van der Waals surface area contributed by atoms with Gasteiger partial charge in [0, 0.05) is 12.6 Å². The van der Waals surface area contributed by atoms with Crippen molar-refractivity contribution in [3.8, 4) is 5.75 Å². The van der Waals surface area contributed by atoms with Crippen LogP contribution in [0, 0.1) is 5.92 Å². The zero-order valence-electron chi connectivity index (χ0n) is 14.9. The number of ether oxygens (including phenoxy) is 1. The fourth-order valence-electron chi connectivity index (χ4n) is 2.90. The molecule has 0 aliphatic carbocycles. The number of likely N-dealkylation sites (tertiary alicyclic amines) is 1. The molecule has 148 valence electrons. The topological polar surface area (TPSA) is 58.6 Å². The zero-order chi connectivity index (χ0) is 19.4. The van der Waals surface area contributed by atoms with Crippen molar-refractivity contribution in [2.75, 3.05) is 19.6 Å². The third-order valence-corrected chi connectivity index (χ3v) is 5.87. The molecule has 5 nitrogen and oxygen atoms in total. The highest BCUT2D eigenvalue weighted by molar-refractivity contribution is 7.88. The lowest BCUT2D eigenvalue weighted by molar-refractivity contribution is -0.274. The van der Waals surface area contributed by atoms with Crippen molar-refractivity contribution in [1.29, 1.82) is 0 Å². The van der Waals surface area contributed by atoms with E-state index in [1.54, 1.807) is 0 Å². The summed E-state index contributed by atoms with van der Waals surface area (Å²) in [5, 5.41) is 0. The van der Waals surface area contributed by atoms with E-state index in [4.69, 9.17) is 0 Å². The minimum atomic E-state index is -4.77. The molecule has 1 N–H and O–H groups in total. The maximum Gasteiger partial charge on any atom is 0.573 e. The first-order valence-corrected chi connectivity index (χ1v) is 10.3. The first-order valence-electron chi connectivity index (χ1n) is 8.60. The molecule has 1 saturated heterocycles. The van der Waals surface area contributed by atoms with Gasteiger partial charge in [-0.3, -0.25) is 4.90 Å². The van der Waals surface area contributed by atoms with Gasteiger partial charge in [0.2, 0.25) is 10.0 Å². The average Bonchev–Trinajstić information content (AvgIpc) is 2.54. The second-order valence-corrected chi connectivity index (χ2v) is 8.67. The number of sulfonamides is 1. The van der Waals surface area contributed by atoms with Gasteiger partial charge in [0.15, 0.2) is 0 Å². The summed E-state index contributed by atoms with van der Waals surface area (Å²) in [6, 6.07) is 4.94. The lowest BCUT2D eigenvalue weighted by Crippen LogP contribution is -2.45. The first kappa shape index (κ1) is 21.0. The number of nitrogens with one attached hydrogen (secondary N) is 1. The number of benzene rings is 1. The zero-order valence-corrected chi connectivity index (χ0v) is 15.7. The summed E-state index contributed by atoms with van der Waals surface area (Å²) in [6.07, 6.45) is -2.54. The monoisotopic (exact) mass is 394 g/mol. The van der Waals surface area contributed by atoms with Crippen molar-refractivity contribution in [3.63, 3.8) is 0 Å². The summed E-state index contributed by atoms with van der Waals surface area (Å²) in [4.78, 5) is 2.27. The molecule has 1 heterocycles. The fourth-order valence-corrected chi connectivity index (χ4v) is 4.13. The second-order valence-electron chi connectivity index (χ2n) is 6.87. The van der Waals surface area contributed by atoms with Crippen LogP contribution in [0.3, 0.4) is 0 Å². The molecule has 1 fully saturated rings. The Balaban J connectivity index is 1.84. The van der Waals surface area contributed by atoms with Gasteiger partial charge >= 0.3 is 6.36 Å². The molecule has 1 atom stereocenters. The van der Waals surface area contributed by atoms with Gasteiger partial charge in [-0.1, -0.05) is 19.1 Å². The maximum atomic E-state index is 12.2. The van der Waals surface area contributed by atoms with E-state index in [9.17, 15) is 21.6 Å². The maximum absolute atomic E-state index is 12.2. The predicted octanol–water partition coefficient (Wildman–Crippen LogP) is 3.13. The predicted molar refractivity (Wildman–Crippen MR) is 93.2 cm³/mol. The molecule has 0 aromatic heterocycles. The van der Waals surface area contributed by atoms with Crippen molar-refractivity contribution in [1.82, 2.24) is 9.62 Å². The third kappa shape index (κ3) is 7.13. The van der Waals surface area contributed by atoms with Crippen LogP contribution < -0.4 is 9.46 Å². The van der Waals surface area contributed by atoms with Gasteiger partial charge in [-0.25, -0.2) is 13.1 Å². The third-order valence-electron chi connectivity index (χ3n) is 4.55. The molecule has 1 aliphatic heterocycles. The molecule has 0 amide bonds. The van der Waals surface area contributed by atoms with Crippen LogP contribution in [-0.2, 0) is 15.8 Å². The molecule has 1 aromatic rings. The van der Waals surface area contributed by atoms with Crippen LogP contribution in [0.1, 0.15) is 32.3 Å². The van der Waals surface area contributed by atoms with Crippen molar-refractivity contribution in [2.45, 2.75) is 44.8 Å². The van der Waals surface area contributed by atoms with Crippen molar-refractivity contribution in [2.24, 2.45) is 5.92 Å². The smallest absolute Gasteiger partial charge is 0.406 e. The van der Waals surface area contributed by atoms with Crippen LogP contribution in [0.25, 0.3) is 0 Å². The molecular weight excluding hydrogens is 369 g/mol. The van der Waals surface area contributed by atoms with E-state index in [0.29, 0.717) is 18.0 Å². The molecule has 26 heavy (non-hydrogen) atoms. The molecule has 0 radical (unpaired) electrons. The highest BCUT2D eigenvalue weighted by Crippen LogP contribution is 2.23. The fraction of sp³-hybridized carbons (Fsp3) is 0.647. The van der Waals surface area contributed by atoms with E-state index in [2.05, 4.69) is 21.3 Å². The van der Waals surface area contributed by atoms with E-state index < -0.39 is 16.4 Å². The minimum Gasteiger partial charge on any atom is -0.406 e. The Hall–Kier alpha value is -1.32. The van der Waals surface area contributed by atoms with Gasteiger partial charge in [-0.15, -0.1) is 13.2 Å². The van der Waals surface area contributed by atoms with Crippen molar-refractivity contribution < 1.29 is 26.3 Å². The summed E-state index contributed by atoms with van der Waals surface area (Å²) in [5.41, 5.74) is 0.395. The van der Waals surface area contributed by atoms with E-state index in [-0.39, 0.29) is 17.5 Å². The summed E-state index contributed by atoms with van der Waals surface area (Å²) in [6.45, 7) is 6.44. The Bertz CT molecular complexity index is 669. The van der Waals surface area contributed by atoms with Gasteiger partial charge < -0.3 is 4.74 Å². The molecular formula is C17H25F3N2O3S. The second kappa shape index (κ2) is 8.58. The molecule has 0 bridgehead atoms. The number of alkyl halides is 3. The molecule has 2 rings (SSSR count). The van der Waals surface area contributed by atoms with Crippen molar-refractivity contribution in [3.05, 3.63) is 29.8 Å². The quantitative estimate of drug-likeness (QED) is 0.772.